The second-order valence-corrected chi connectivity index (χ2v) is 8.21. The van der Waals surface area contributed by atoms with E-state index in [4.69, 9.17) is 16.7 Å². The Balaban J connectivity index is 1.50. The average molecular weight is 429 g/mol. The molecule has 1 aromatic carbocycles. The first kappa shape index (κ1) is 21.1. The van der Waals surface area contributed by atoms with E-state index in [1.54, 1.807) is 6.07 Å². The van der Waals surface area contributed by atoms with Crippen molar-refractivity contribution in [1.29, 1.82) is 0 Å². The van der Waals surface area contributed by atoms with Crippen LogP contribution in [0.4, 0.5) is 5.69 Å². The molecule has 0 bridgehead atoms. The number of aryl methyl sites for hydroxylation is 2. The van der Waals surface area contributed by atoms with Crippen LogP contribution in [0.2, 0.25) is 0 Å². The van der Waals surface area contributed by atoms with Crippen LogP contribution in [0.3, 0.4) is 0 Å². The summed E-state index contributed by atoms with van der Waals surface area (Å²) < 4.78 is 5.22. The Morgan fingerprint density at radius 3 is 2.69 bits per heavy atom. The van der Waals surface area contributed by atoms with E-state index in [0.717, 1.165) is 17.1 Å². The number of hydrogen-bond acceptors (Lipinski definition) is 6. The Kier molecular flexibility index (Phi) is 7.48. The molecule has 3 rings (SSSR count). The maximum atomic E-state index is 12.3. The first-order valence-corrected chi connectivity index (χ1v) is 10.9. The third-order valence-corrected chi connectivity index (χ3v) is 5.35. The van der Waals surface area contributed by atoms with Crippen molar-refractivity contribution in [3.63, 3.8) is 0 Å². The molecule has 6 nitrogen and oxygen atoms in total. The minimum atomic E-state index is -0.433. The van der Waals surface area contributed by atoms with E-state index >= 15 is 0 Å². The molecule has 0 fully saturated rings. The fourth-order valence-corrected chi connectivity index (χ4v) is 3.63. The summed E-state index contributed by atoms with van der Waals surface area (Å²) in [6.45, 7) is 4.12. The van der Waals surface area contributed by atoms with Crippen LogP contribution in [-0.2, 0) is 6.42 Å². The molecule has 0 saturated heterocycles. The van der Waals surface area contributed by atoms with Crippen LogP contribution in [0, 0.1) is 6.92 Å². The quantitative estimate of drug-likeness (QED) is 0.372. The number of benzene rings is 1. The number of carbonyl (C=O) groups excluding carboxylic acids is 1. The van der Waals surface area contributed by atoms with E-state index in [2.05, 4.69) is 39.8 Å². The molecule has 29 heavy (non-hydrogen) atoms. The predicted molar refractivity (Wildman–Crippen MR) is 120 cm³/mol. The minimum Gasteiger partial charge on any atom is -0.354 e. The minimum absolute atomic E-state index is 0.150. The summed E-state index contributed by atoms with van der Waals surface area (Å²) in [5, 5.41) is 12.4. The zero-order valence-electron chi connectivity index (χ0n) is 16.5. The van der Waals surface area contributed by atoms with Gasteiger partial charge in [0.25, 0.3) is 5.91 Å². The second-order valence-electron chi connectivity index (χ2n) is 6.74. The van der Waals surface area contributed by atoms with Crippen molar-refractivity contribution in [2.45, 2.75) is 46.0 Å². The van der Waals surface area contributed by atoms with E-state index in [9.17, 15) is 4.79 Å². The van der Waals surface area contributed by atoms with Crippen molar-refractivity contribution >= 4 is 40.3 Å². The number of unbranched alkanes of at least 4 members (excludes halogenated alkanes) is 3. The van der Waals surface area contributed by atoms with E-state index in [0.29, 0.717) is 11.5 Å². The summed E-state index contributed by atoms with van der Waals surface area (Å²) in [5.41, 5.74) is 2.94. The standard InChI is InChI=1S/C21H24N4O2S2/c1-3-4-5-6-7-15-8-10-16(11-9-15)23-21(28)24-20(26)17-12-19(27-25-17)18-13-29-14(2)22-18/h8-13H,3-7H2,1-2H3,(H2,23,24,26,28). The van der Waals surface area contributed by atoms with E-state index < -0.39 is 5.91 Å². The molecular formula is C21H24N4O2S2. The molecule has 2 N–H and O–H groups in total. The second kappa shape index (κ2) is 10.3. The SMILES string of the molecule is CCCCCCc1ccc(NC(=S)NC(=O)c2cc(-c3csc(C)n3)on2)cc1. The molecule has 2 aromatic heterocycles. The number of thiazole rings is 1. The van der Waals surface area contributed by atoms with Crippen LogP contribution in [0.1, 0.15) is 53.7 Å². The van der Waals surface area contributed by atoms with Crippen molar-refractivity contribution in [2.75, 3.05) is 5.32 Å². The molecule has 0 saturated carbocycles. The number of anilines is 1. The summed E-state index contributed by atoms with van der Waals surface area (Å²) in [4.78, 5) is 16.7. The third-order valence-electron chi connectivity index (χ3n) is 4.37. The molecule has 0 spiro atoms. The summed E-state index contributed by atoms with van der Waals surface area (Å²) in [5.74, 6) is 0.0184. The average Bonchev–Trinajstić information content (AvgIpc) is 3.35. The van der Waals surface area contributed by atoms with Crippen LogP contribution in [0.15, 0.2) is 40.2 Å². The zero-order valence-corrected chi connectivity index (χ0v) is 18.2. The van der Waals surface area contributed by atoms with Gasteiger partial charge in [-0.2, -0.15) is 0 Å². The monoisotopic (exact) mass is 428 g/mol. The van der Waals surface area contributed by atoms with Gasteiger partial charge in [-0.15, -0.1) is 11.3 Å². The molecule has 2 heterocycles. The molecule has 1 amide bonds. The summed E-state index contributed by atoms with van der Waals surface area (Å²) >= 11 is 6.74. The maximum absolute atomic E-state index is 12.3. The van der Waals surface area contributed by atoms with Gasteiger partial charge in [0.05, 0.1) is 5.01 Å². The number of thiocarbonyl (C=S) groups is 1. The highest BCUT2D eigenvalue weighted by Gasteiger charge is 2.16. The van der Waals surface area contributed by atoms with Crippen LogP contribution >= 0.6 is 23.6 Å². The first-order valence-electron chi connectivity index (χ1n) is 9.65. The van der Waals surface area contributed by atoms with Gasteiger partial charge < -0.3 is 9.84 Å². The number of amides is 1. The molecule has 0 unspecified atom stereocenters. The van der Waals surface area contributed by atoms with Crippen LogP contribution < -0.4 is 10.6 Å². The first-order chi connectivity index (χ1) is 14.0. The van der Waals surface area contributed by atoms with Crippen molar-refractivity contribution in [3.05, 3.63) is 52.0 Å². The fraction of sp³-hybridized carbons (Fsp3) is 0.333. The topological polar surface area (TPSA) is 80.0 Å². The molecule has 0 aliphatic rings. The molecular weight excluding hydrogens is 404 g/mol. The van der Waals surface area contributed by atoms with Crippen molar-refractivity contribution in [2.24, 2.45) is 0 Å². The Bertz CT molecular complexity index is 963. The highest BCUT2D eigenvalue weighted by Crippen LogP contribution is 2.22. The smallest absolute Gasteiger partial charge is 0.279 e. The van der Waals surface area contributed by atoms with Gasteiger partial charge in [0, 0.05) is 17.1 Å². The number of hydrogen-bond donors (Lipinski definition) is 2. The third kappa shape index (κ3) is 6.20. The van der Waals surface area contributed by atoms with Gasteiger partial charge in [-0.1, -0.05) is 43.5 Å². The summed E-state index contributed by atoms with van der Waals surface area (Å²) in [7, 11) is 0. The number of carbonyl (C=O) groups is 1. The van der Waals surface area contributed by atoms with Gasteiger partial charge in [-0.05, 0) is 49.7 Å². The van der Waals surface area contributed by atoms with E-state index in [1.165, 1.54) is 42.6 Å². The zero-order chi connectivity index (χ0) is 20.6. The Morgan fingerprint density at radius 2 is 2.00 bits per heavy atom. The highest BCUT2D eigenvalue weighted by atomic mass is 32.1. The van der Waals surface area contributed by atoms with Gasteiger partial charge in [-0.3, -0.25) is 10.1 Å². The highest BCUT2D eigenvalue weighted by molar-refractivity contribution is 7.80. The van der Waals surface area contributed by atoms with E-state index in [1.807, 2.05) is 24.4 Å². The molecule has 3 aromatic rings. The molecule has 152 valence electrons. The van der Waals surface area contributed by atoms with Crippen LogP contribution in [0.5, 0.6) is 0 Å². The van der Waals surface area contributed by atoms with Crippen LogP contribution in [-0.4, -0.2) is 21.2 Å². The van der Waals surface area contributed by atoms with Gasteiger partial charge in [-0.25, -0.2) is 4.98 Å². The van der Waals surface area contributed by atoms with Crippen LogP contribution in [0.25, 0.3) is 11.5 Å². The molecule has 0 aliphatic carbocycles. The molecule has 0 atom stereocenters. The Hall–Kier alpha value is -2.58. The summed E-state index contributed by atoms with van der Waals surface area (Å²) in [6, 6.07) is 9.65. The Morgan fingerprint density at radius 1 is 1.21 bits per heavy atom. The lowest BCUT2D eigenvalue weighted by atomic mass is 10.1. The van der Waals surface area contributed by atoms with Gasteiger partial charge in [0.1, 0.15) is 5.69 Å². The fourth-order valence-electron chi connectivity index (χ4n) is 2.82. The molecule has 0 aliphatic heterocycles. The lowest BCUT2D eigenvalue weighted by molar-refractivity contribution is 0.0969. The largest absolute Gasteiger partial charge is 0.354 e. The van der Waals surface area contributed by atoms with Crippen molar-refractivity contribution < 1.29 is 9.32 Å². The molecule has 0 radical (unpaired) electrons. The normalized spacial score (nSPS) is 10.7. The van der Waals surface area contributed by atoms with Gasteiger partial charge >= 0.3 is 0 Å². The van der Waals surface area contributed by atoms with Gasteiger partial charge in [0.2, 0.25) is 0 Å². The molecule has 8 heteroatoms. The lowest BCUT2D eigenvalue weighted by Crippen LogP contribution is -2.34. The number of rotatable bonds is 8. The number of nitrogens with zero attached hydrogens (tertiary/aromatic N) is 2. The van der Waals surface area contributed by atoms with E-state index in [-0.39, 0.29) is 10.8 Å². The van der Waals surface area contributed by atoms with Crippen molar-refractivity contribution in [3.8, 4) is 11.5 Å². The number of nitrogens with one attached hydrogen (secondary N) is 2. The number of aromatic nitrogens is 2. The van der Waals surface area contributed by atoms with Crippen molar-refractivity contribution in [1.82, 2.24) is 15.5 Å². The lowest BCUT2D eigenvalue weighted by Gasteiger charge is -2.09. The summed E-state index contributed by atoms with van der Waals surface area (Å²) in [6.07, 6.45) is 6.07. The maximum Gasteiger partial charge on any atom is 0.279 e. The Labute approximate surface area is 179 Å². The predicted octanol–water partition coefficient (Wildman–Crippen LogP) is 5.36. The van der Waals surface area contributed by atoms with Gasteiger partial charge in [0.15, 0.2) is 16.6 Å².